The molecule has 2 aromatic rings. The molecule has 0 saturated carbocycles. The molecule has 1 amide bonds. The summed E-state index contributed by atoms with van der Waals surface area (Å²) in [6, 6.07) is 18.4. The van der Waals surface area contributed by atoms with Crippen LogP contribution in [0.2, 0.25) is 0 Å². The summed E-state index contributed by atoms with van der Waals surface area (Å²) in [6.45, 7) is 4.68. The molecule has 27 heavy (non-hydrogen) atoms. The van der Waals surface area contributed by atoms with Gasteiger partial charge >= 0.3 is 0 Å². The van der Waals surface area contributed by atoms with Gasteiger partial charge in [-0.1, -0.05) is 54.2 Å². The average Bonchev–Trinajstić information content (AvgIpc) is 3.19. The molecule has 2 aromatic carbocycles. The summed E-state index contributed by atoms with van der Waals surface area (Å²) in [5.74, 6) is 0.0451. The highest BCUT2D eigenvalue weighted by Crippen LogP contribution is 2.49. The molecule has 4 nitrogen and oxygen atoms in total. The van der Waals surface area contributed by atoms with E-state index < -0.39 is 0 Å². The quantitative estimate of drug-likeness (QED) is 0.677. The minimum absolute atomic E-state index is 0.00561. The zero-order valence-electron chi connectivity index (χ0n) is 15.5. The fraction of sp³-hybridized carbons (Fsp3) is 0.238. The predicted molar refractivity (Wildman–Crippen MR) is 115 cm³/mol. The van der Waals surface area contributed by atoms with Gasteiger partial charge in [-0.25, -0.2) is 0 Å². The first-order chi connectivity index (χ1) is 13.1. The molecule has 0 N–H and O–H groups in total. The molecule has 2 aliphatic heterocycles. The van der Waals surface area contributed by atoms with Gasteiger partial charge in [-0.05, 0) is 43.3 Å². The summed E-state index contributed by atoms with van der Waals surface area (Å²) in [7, 11) is 2.02. The molecular weight excluding hydrogens is 374 g/mol. The number of hydrogen-bond acceptors (Lipinski definition) is 5. The molecule has 0 bridgehead atoms. The van der Waals surface area contributed by atoms with Crippen molar-refractivity contribution in [2.45, 2.75) is 24.8 Å². The summed E-state index contributed by atoms with van der Waals surface area (Å²) < 4.78 is 0. The number of fused-ring (bicyclic) bond motifs is 1. The van der Waals surface area contributed by atoms with Crippen molar-refractivity contribution in [1.82, 2.24) is 4.90 Å². The number of nitrogens with zero attached hydrogens (tertiary/aromatic N) is 3. The standard InChI is InChI=1S/C21H21N3OS2/c1-4-24-19(25)18(20-23(3)16-12-8-9-13-17(16)26-20)27-21(24)22-14(2)15-10-6-5-7-11-15/h5-14H,4H2,1-3H3/b20-18-,22-21?. The molecule has 2 heterocycles. The SMILES string of the molecule is CCN1C(=O)/C(=C2/Sc3ccccc3N2C)SC1=NC(C)c1ccccc1. The molecular formula is C21H21N3OS2. The number of benzene rings is 2. The van der Waals surface area contributed by atoms with Crippen molar-refractivity contribution in [1.29, 1.82) is 0 Å². The molecule has 2 aliphatic rings. The fourth-order valence-electron chi connectivity index (χ4n) is 3.18. The van der Waals surface area contributed by atoms with E-state index in [0.717, 1.165) is 26.4 Å². The molecule has 1 atom stereocenters. The monoisotopic (exact) mass is 395 g/mol. The van der Waals surface area contributed by atoms with Crippen molar-refractivity contribution < 1.29 is 4.79 Å². The number of rotatable bonds is 3. The minimum atomic E-state index is 0.00561. The maximum absolute atomic E-state index is 13.1. The van der Waals surface area contributed by atoms with Gasteiger partial charge < -0.3 is 4.90 Å². The largest absolute Gasteiger partial charge is 0.337 e. The van der Waals surface area contributed by atoms with Crippen LogP contribution in [-0.2, 0) is 4.79 Å². The Bertz CT molecular complexity index is 939. The van der Waals surface area contributed by atoms with E-state index in [9.17, 15) is 4.79 Å². The first-order valence-corrected chi connectivity index (χ1v) is 10.6. The number of anilines is 1. The van der Waals surface area contributed by atoms with Crippen LogP contribution >= 0.6 is 23.5 Å². The summed E-state index contributed by atoms with van der Waals surface area (Å²) in [5, 5.41) is 1.77. The van der Waals surface area contributed by atoms with E-state index >= 15 is 0 Å². The van der Waals surface area contributed by atoms with Crippen LogP contribution in [0.5, 0.6) is 0 Å². The molecule has 6 heteroatoms. The average molecular weight is 396 g/mol. The highest BCUT2D eigenvalue weighted by Gasteiger charge is 2.38. The van der Waals surface area contributed by atoms with Crippen molar-refractivity contribution in [3.63, 3.8) is 0 Å². The van der Waals surface area contributed by atoms with Crippen LogP contribution in [0.15, 0.2) is 74.4 Å². The van der Waals surface area contributed by atoms with Crippen LogP contribution in [0.3, 0.4) is 0 Å². The van der Waals surface area contributed by atoms with E-state index in [-0.39, 0.29) is 11.9 Å². The second kappa shape index (κ2) is 7.44. The van der Waals surface area contributed by atoms with E-state index in [4.69, 9.17) is 4.99 Å². The number of carbonyl (C=O) groups excluding carboxylic acids is 1. The summed E-state index contributed by atoms with van der Waals surface area (Å²) in [6.07, 6.45) is 0. The van der Waals surface area contributed by atoms with Crippen LogP contribution < -0.4 is 4.90 Å². The number of para-hydroxylation sites is 1. The predicted octanol–water partition coefficient (Wildman–Crippen LogP) is 5.11. The second-order valence-corrected chi connectivity index (χ2v) is 8.42. The Balaban J connectivity index is 1.68. The Labute approximate surface area is 168 Å². The van der Waals surface area contributed by atoms with E-state index in [0.29, 0.717) is 6.54 Å². The molecule has 1 saturated heterocycles. The van der Waals surface area contributed by atoms with Gasteiger partial charge in [0.05, 0.1) is 16.8 Å². The summed E-state index contributed by atoms with van der Waals surface area (Å²) >= 11 is 3.15. The number of amidine groups is 1. The Morgan fingerprint density at radius 2 is 1.74 bits per heavy atom. The number of likely N-dealkylation sites (N-methyl/N-ethyl adjacent to an activating group) is 1. The molecule has 1 fully saturated rings. The Morgan fingerprint density at radius 3 is 2.44 bits per heavy atom. The van der Waals surface area contributed by atoms with Crippen LogP contribution in [0.25, 0.3) is 0 Å². The molecule has 0 spiro atoms. The fourth-order valence-corrected chi connectivity index (χ4v) is 5.65. The maximum atomic E-state index is 13.1. The first-order valence-electron chi connectivity index (χ1n) is 8.97. The van der Waals surface area contributed by atoms with Gasteiger partial charge in [0.15, 0.2) is 5.17 Å². The van der Waals surface area contributed by atoms with Gasteiger partial charge in [0.1, 0.15) is 4.91 Å². The zero-order valence-corrected chi connectivity index (χ0v) is 17.2. The van der Waals surface area contributed by atoms with Crippen LogP contribution in [0, 0.1) is 0 Å². The second-order valence-electron chi connectivity index (χ2n) is 6.41. The topological polar surface area (TPSA) is 35.9 Å². The third-order valence-corrected chi connectivity index (χ3v) is 7.14. The summed E-state index contributed by atoms with van der Waals surface area (Å²) in [4.78, 5) is 23.8. The Morgan fingerprint density at radius 1 is 1.04 bits per heavy atom. The van der Waals surface area contributed by atoms with E-state index in [1.807, 2.05) is 44.3 Å². The lowest BCUT2D eigenvalue weighted by Crippen LogP contribution is -2.29. The third-order valence-electron chi connectivity index (χ3n) is 4.70. The van der Waals surface area contributed by atoms with Crippen LogP contribution in [-0.4, -0.2) is 29.6 Å². The molecule has 0 radical (unpaired) electrons. The van der Waals surface area contributed by atoms with Gasteiger partial charge in [-0.15, -0.1) is 0 Å². The highest BCUT2D eigenvalue weighted by atomic mass is 32.2. The van der Waals surface area contributed by atoms with Gasteiger partial charge in [0, 0.05) is 18.5 Å². The Kier molecular flexibility index (Phi) is 5.02. The number of amides is 1. The lowest BCUT2D eigenvalue weighted by molar-refractivity contribution is -0.122. The Hall–Kier alpha value is -2.18. The third kappa shape index (κ3) is 3.28. The molecule has 4 rings (SSSR count). The van der Waals surface area contributed by atoms with Crippen molar-refractivity contribution in [2.75, 3.05) is 18.5 Å². The smallest absolute Gasteiger partial charge is 0.269 e. The number of hydrogen-bond donors (Lipinski definition) is 0. The highest BCUT2D eigenvalue weighted by molar-refractivity contribution is 8.19. The molecule has 1 unspecified atom stereocenters. The zero-order chi connectivity index (χ0) is 19.0. The van der Waals surface area contributed by atoms with Crippen molar-refractivity contribution in [2.24, 2.45) is 4.99 Å². The van der Waals surface area contributed by atoms with E-state index in [1.165, 1.54) is 16.7 Å². The normalized spacial score (nSPS) is 21.9. The van der Waals surface area contributed by atoms with Crippen molar-refractivity contribution in [3.05, 3.63) is 70.1 Å². The van der Waals surface area contributed by atoms with E-state index in [2.05, 4.69) is 36.1 Å². The van der Waals surface area contributed by atoms with Crippen molar-refractivity contribution >= 4 is 40.3 Å². The maximum Gasteiger partial charge on any atom is 0.269 e. The van der Waals surface area contributed by atoms with Gasteiger partial charge in [-0.3, -0.25) is 14.7 Å². The summed E-state index contributed by atoms with van der Waals surface area (Å²) in [5.41, 5.74) is 2.29. The van der Waals surface area contributed by atoms with Crippen LogP contribution in [0.4, 0.5) is 5.69 Å². The van der Waals surface area contributed by atoms with Gasteiger partial charge in [0.2, 0.25) is 0 Å². The minimum Gasteiger partial charge on any atom is -0.337 e. The molecule has 138 valence electrons. The lowest BCUT2D eigenvalue weighted by atomic mass is 10.1. The van der Waals surface area contributed by atoms with Crippen molar-refractivity contribution in [3.8, 4) is 0 Å². The number of thioether (sulfide) groups is 2. The lowest BCUT2D eigenvalue weighted by Gasteiger charge is -2.15. The number of carbonyl (C=O) groups is 1. The molecule has 0 aliphatic carbocycles. The first kappa shape index (κ1) is 18.2. The number of aliphatic imine (C=N–C) groups is 1. The van der Waals surface area contributed by atoms with Gasteiger partial charge in [0.25, 0.3) is 5.91 Å². The molecule has 0 aromatic heterocycles. The van der Waals surface area contributed by atoms with E-state index in [1.54, 1.807) is 16.7 Å². The van der Waals surface area contributed by atoms with Gasteiger partial charge in [-0.2, -0.15) is 0 Å². The van der Waals surface area contributed by atoms with Crippen LogP contribution in [0.1, 0.15) is 25.5 Å².